The van der Waals surface area contributed by atoms with Crippen molar-refractivity contribution in [3.8, 4) is 5.75 Å². The molecule has 0 amide bonds. The van der Waals surface area contributed by atoms with Gasteiger partial charge in [0.15, 0.2) is 0 Å². The lowest BCUT2D eigenvalue weighted by molar-refractivity contribution is 0.340. The first-order chi connectivity index (χ1) is 7.79. The van der Waals surface area contributed by atoms with E-state index < -0.39 is 0 Å². The van der Waals surface area contributed by atoms with Gasteiger partial charge in [-0.2, -0.15) is 11.8 Å². The van der Waals surface area contributed by atoms with Gasteiger partial charge >= 0.3 is 0 Å². The van der Waals surface area contributed by atoms with Gasteiger partial charge in [0.2, 0.25) is 0 Å². The van der Waals surface area contributed by atoms with Gasteiger partial charge in [0, 0.05) is 16.3 Å². The van der Waals surface area contributed by atoms with E-state index in [9.17, 15) is 0 Å². The van der Waals surface area contributed by atoms with Crippen molar-refractivity contribution in [3.63, 3.8) is 0 Å². The molecule has 0 heterocycles. The second kappa shape index (κ2) is 7.82. The van der Waals surface area contributed by atoms with E-state index in [0.717, 1.165) is 40.9 Å². The molecule has 0 unspecified atom stereocenters. The highest BCUT2D eigenvalue weighted by molar-refractivity contribution is 7.99. The van der Waals surface area contributed by atoms with Crippen molar-refractivity contribution < 1.29 is 4.74 Å². The van der Waals surface area contributed by atoms with Crippen molar-refractivity contribution in [1.29, 1.82) is 0 Å². The quantitative estimate of drug-likeness (QED) is 0.765. The number of halogens is 1. The van der Waals surface area contributed by atoms with E-state index in [4.69, 9.17) is 22.1 Å². The van der Waals surface area contributed by atoms with Gasteiger partial charge in [-0.15, -0.1) is 0 Å². The van der Waals surface area contributed by atoms with Crippen molar-refractivity contribution in [1.82, 2.24) is 0 Å². The summed E-state index contributed by atoms with van der Waals surface area (Å²) in [6.45, 7) is 3.45. The van der Waals surface area contributed by atoms with Crippen LogP contribution in [0.4, 0.5) is 0 Å². The van der Waals surface area contributed by atoms with Crippen molar-refractivity contribution >= 4 is 23.4 Å². The minimum Gasteiger partial charge on any atom is -0.492 e. The fourth-order valence-electron chi connectivity index (χ4n) is 1.42. The van der Waals surface area contributed by atoms with E-state index in [1.807, 2.05) is 30.0 Å². The molecule has 0 fully saturated rings. The Morgan fingerprint density at radius 2 is 2.25 bits per heavy atom. The lowest BCUT2D eigenvalue weighted by Gasteiger charge is -2.12. The highest BCUT2D eigenvalue weighted by Crippen LogP contribution is 2.26. The summed E-state index contributed by atoms with van der Waals surface area (Å²) in [5.41, 5.74) is 6.58. The van der Waals surface area contributed by atoms with E-state index in [1.165, 1.54) is 0 Å². The average molecular weight is 260 g/mol. The van der Waals surface area contributed by atoms with Crippen LogP contribution in [-0.4, -0.2) is 24.7 Å². The zero-order valence-corrected chi connectivity index (χ0v) is 11.1. The van der Waals surface area contributed by atoms with Crippen LogP contribution in [-0.2, 0) is 6.42 Å². The number of hydrogen-bond acceptors (Lipinski definition) is 3. The van der Waals surface area contributed by atoms with Crippen molar-refractivity contribution in [3.05, 3.63) is 28.8 Å². The Hall–Kier alpha value is -0.380. The van der Waals surface area contributed by atoms with Crippen LogP contribution in [0, 0.1) is 0 Å². The summed E-state index contributed by atoms with van der Waals surface area (Å²) < 4.78 is 5.71. The van der Waals surface area contributed by atoms with Gasteiger partial charge in [0.25, 0.3) is 0 Å². The summed E-state index contributed by atoms with van der Waals surface area (Å²) in [5, 5.41) is 0.742. The first kappa shape index (κ1) is 13.7. The average Bonchev–Trinajstić information content (AvgIpc) is 2.29. The van der Waals surface area contributed by atoms with Crippen LogP contribution in [0.5, 0.6) is 5.75 Å². The molecule has 0 aliphatic carbocycles. The lowest BCUT2D eigenvalue weighted by atomic mass is 10.1. The van der Waals surface area contributed by atoms with E-state index >= 15 is 0 Å². The van der Waals surface area contributed by atoms with Gasteiger partial charge in [-0.05, 0) is 30.9 Å². The molecule has 1 rings (SSSR count). The molecule has 2 N–H and O–H groups in total. The Morgan fingerprint density at radius 1 is 1.44 bits per heavy atom. The Bertz CT molecular complexity index is 320. The molecule has 0 saturated heterocycles. The summed E-state index contributed by atoms with van der Waals surface area (Å²) >= 11 is 7.98. The Balaban J connectivity index is 2.59. The summed E-state index contributed by atoms with van der Waals surface area (Å²) in [5.74, 6) is 2.99. The van der Waals surface area contributed by atoms with E-state index in [0.29, 0.717) is 6.54 Å². The molecule has 0 bridgehead atoms. The number of hydrogen-bond donors (Lipinski definition) is 1. The summed E-state index contributed by atoms with van der Waals surface area (Å²) in [4.78, 5) is 0. The number of thioether (sulfide) groups is 1. The minimum absolute atomic E-state index is 0.587. The van der Waals surface area contributed by atoms with Crippen LogP contribution in [0.3, 0.4) is 0 Å². The Labute approximate surface area is 107 Å². The summed E-state index contributed by atoms with van der Waals surface area (Å²) in [6.07, 6.45) is 0.760. The third-order valence-electron chi connectivity index (χ3n) is 2.16. The van der Waals surface area contributed by atoms with Gasteiger partial charge in [0.05, 0.1) is 6.61 Å². The van der Waals surface area contributed by atoms with Crippen molar-refractivity contribution in [2.24, 2.45) is 5.73 Å². The first-order valence-corrected chi connectivity index (χ1v) is 7.00. The normalized spacial score (nSPS) is 10.4. The maximum Gasteiger partial charge on any atom is 0.124 e. The molecule has 4 heteroatoms. The van der Waals surface area contributed by atoms with Gasteiger partial charge in [-0.25, -0.2) is 0 Å². The fourth-order valence-corrected chi connectivity index (χ4v) is 2.17. The zero-order chi connectivity index (χ0) is 11.8. The molecular weight excluding hydrogens is 242 g/mol. The molecular formula is C12H18ClNOS. The van der Waals surface area contributed by atoms with Gasteiger partial charge in [-0.1, -0.05) is 24.6 Å². The molecule has 0 atom stereocenters. The zero-order valence-electron chi connectivity index (χ0n) is 9.54. The van der Waals surface area contributed by atoms with E-state index in [-0.39, 0.29) is 0 Å². The fraction of sp³-hybridized carbons (Fsp3) is 0.500. The summed E-state index contributed by atoms with van der Waals surface area (Å²) in [6, 6.07) is 5.73. The van der Waals surface area contributed by atoms with Gasteiger partial charge in [0.1, 0.15) is 5.75 Å². The minimum atomic E-state index is 0.587. The summed E-state index contributed by atoms with van der Waals surface area (Å²) in [7, 11) is 0. The second-order valence-electron chi connectivity index (χ2n) is 3.30. The molecule has 90 valence electrons. The highest BCUT2D eigenvalue weighted by Gasteiger charge is 2.06. The third-order valence-corrected chi connectivity index (χ3v) is 3.38. The third kappa shape index (κ3) is 4.24. The maximum absolute atomic E-state index is 6.11. The molecule has 0 aliphatic rings. The van der Waals surface area contributed by atoms with Crippen LogP contribution in [0.15, 0.2) is 18.2 Å². The van der Waals surface area contributed by atoms with Gasteiger partial charge < -0.3 is 10.5 Å². The van der Waals surface area contributed by atoms with Crippen molar-refractivity contribution in [2.45, 2.75) is 13.3 Å². The van der Waals surface area contributed by atoms with Crippen LogP contribution in [0.2, 0.25) is 5.02 Å². The predicted molar refractivity (Wildman–Crippen MR) is 72.7 cm³/mol. The van der Waals surface area contributed by atoms with Crippen LogP contribution in [0.1, 0.15) is 12.5 Å². The predicted octanol–water partition coefficient (Wildman–Crippen LogP) is 2.97. The molecule has 0 radical (unpaired) electrons. The van der Waals surface area contributed by atoms with Crippen molar-refractivity contribution in [2.75, 3.05) is 24.7 Å². The van der Waals surface area contributed by atoms with Crippen LogP contribution >= 0.6 is 23.4 Å². The molecule has 1 aromatic carbocycles. The van der Waals surface area contributed by atoms with E-state index in [2.05, 4.69) is 6.92 Å². The SMILES string of the molecule is CCSCCOc1cccc(Cl)c1CCN. The molecule has 0 aliphatic heterocycles. The molecule has 1 aromatic rings. The number of nitrogens with two attached hydrogens (primary N) is 1. The maximum atomic E-state index is 6.11. The largest absolute Gasteiger partial charge is 0.492 e. The molecule has 0 aromatic heterocycles. The monoisotopic (exact) mass is 259 g/mol. The number of rotatable bonds is 7. The van der Waals surface area contributed by atoms with Gasteiger partial charge in [-0.3, -0.25) is 0 Å². The van der Waals surface area contributed by atoms with Crippen LogP contribution in [0.25, 0.3) is 0 Å². The Kier molecular flexibility index (Phi) is 6.69. The smallest absolute Gasteiger partial charge is 0.124 e. The number of benzene rings is 1. The Morgan fingerprint density at radius 3 is 2.94 bits per heavy atom. The topological polar surface area (TPSA) is 35.2 Å². The second-order valence-corrected chi connectivity index (χ2v) is 5.10. The molecule has 0 saturated carbocycles. The first-order valence-electron chi connectivity index (χ1n) is 5.47. The standard InChI is InChI=1S/C12H18ClNOS/c1-2-16-9-8-15-12-5-3-4-11(13)10(12)6-7-14/h3-5H,2,6-9,14H2,1H3. The molecule has 2 nitrogen and oxygen atoms in total. The molecule has 16 heavy (non-hydrogen) atoms. The van der Waals surface area contributed by atoms with Crippen LogP contribution < -0.4 is 10.5 Å². The lowest BCUT2D eigenvalue weighted by Crippen LogP contribution is -2.07. The highest BCUT2D eigenvalue weighted by atomic mass is 35.5. The number of ether oxygens (including phenoxy) is 1. The molecule has 0 spiro atoms. The van der Waals surface area contributed by atoms with E-state index in [1.54, 1.807) is 0 Å².